The Labute approximate surface area is 117 Å². The van der Waals surface area contributed by atoms with E-state index in [0.29, 0.717) is 25.2 Å². The summed E-state index contributed by atoms with van der Waals surface area (Å²) in [7, 11) is 3.34. The summed E-state index contributed by atoms with van der Waals surface area (Å²) >= 11 is 1.42. The number of aromatic nitrogens is 1. The number of amides is 2. The first-order valence-electron chi connectivity index (χ1n) is 6.13. The smallest absolute Gasteiger partial charge is 0.273 e. The lowest BCUT2D eigenvalue weighted by atomic mass is 10.3. The molecule has 19 heavy (non-hydrogen) atoms. The Bertz CT molecular complexity index is 445. The molecule has 0 atom stereocenters. The number of rotatable bonds is 6. The number of carbonyl (C=O) groups is 2. The highest BCUT2D eigenvalue weighted by Gasteiger charge is 2.20. The summed E-state index contributed by atoms with van der Waals surface area (Å²) in [5.74, 6) is -0.315. The van der Waals surface area contributed by atoms with Crippen LogP contribution in [0.15, 0.2) is 5.38 Å². The lowest BCUT2D eigenvalue weighted by Crippen LogP contribution is -2.40. The fourth-order valence-corrected chi connectivity index (χ4v) is 2.23. The highest BCUT2D eigenvalue weighted by atomic mass is 32.1. The molecule has 1 aromatic rings. The van der Waals surface area contributed by atoms with Crippen LogP contribution in [-0.2, 0) is 11.2 Å². The molecular weight excluding hydrogens is 264 g/mol. The fourth-order valence-electron chi connectivity index (χ4n) is 1.44. The maximum atomic E-state index is 12.2. The van der Waals surface area contributed by atoms with Crippen LogP contribution in [0.3, 0.4) is 0 Å². The molecule has 0 aliphatic heterocycles. The van der Waals surface area contributed by atoms with Crippen LogP contribution < -0.4 is 5.73 Å². The highest BCUT2D eigenvalue weighted by molar-refractivity contribution is 7.09. The molecule has 1 aromatic heterocycles. The molecule has 0 bridgehead atoms. The molecule has 0 saturated carbocycles. The summed E-state index contributed by atoms with van der Waals surface area (Å²) in [4.78, 5) is 31.1. The third kappa shape index (κ3) is 4.29. The predicted molar refractivity (Wildman–Crippen MR) is 75.1 cm³/mol. The van der Waals surface area contributed by atoms with Gasteiger partial charge in [-0.15, -0.1) is 11.3 Å². The fraction of sp³-hybridized carbons (Fsp3) is 0.583. The van der Waals surface area contributed by atoms with Crippen LogP contribution in [0.25, 0.3) is 0 Å². The van der Waals surface area contributed by atoms with Gasteiger partial charge >= 0.3 is 0 Å². The lowest BCUT2D eigenvalue weighted by Gasteiger charge is -2.21. The van der Waals surface area contributed by atoms with E-state index in [1.807, 2.05) is 6.92 Å². The maximum Gasteiger partial charge on any atom is 0.273 e. The maximum absolute atomic E-state index is 12.2. The van der Waals surface area contributed by atoms with Gasteiger partial charge in [0, 0.05) is 32.4 Å². The number of nitrogens with two attached hydrogens (primary N) is 1. The zero-order valence-electron chi connectivity index (χ0n) is 11.5. The van der Waals surface area contributed by atoms with E-state index in [2.05, 4.69) is 4.98 Å². The summed E-state index contributed by atoms with van der Waals surface area (Å²) in [6.07, 6.45) is 0.667. The molecule has 0 aromatic carbocycles. The third-order valence-electron chi connectivity index (χ3n) is 2.62. The van der Waals surface area contributed by atoms with Gasteiger partial charge < -0.3 is 15.5 Å². The predicted octanol–water partition coefficient (Wildman–Crippen LogP) is 0.195. The van der Waals surface area contributed by atoms with Gasteiger partial charge in [0.1, 0.15) is 12.2 Å². The first kappa shape index (κ1) is 15.6. The average Bonchev–Trinajstić information content (AvgIpc) is 2.83. The second kappa shape index (κ2) is 7.20. The van der Waals surface area contributed by atoms with Crippen molar-refractivity contribution in [3.63, 3.8) is 0 Å². The third-order valence-corrected chi connectivity index (χ3v) is 3.53. The summed E-state index contributed by atoms with van der Waals surface area (Å²) < 4.78 is 0. The lowest BCUT2D eigenvalue weighted by molar-refractivity contribution is -0.129. The van der Waals surface area contributed by atoms with E-state index >= 15 is 0 Å². The molecule has 0 unspecified atom stereocenters. The van der Waals surface area contributed by atoms with Crippen LogP contribution in [-0.4, -0.2) is 60.3 Å². The molecule has 0 spiro atoms. The van der Waals surface area contributed by atoms with E-state index < -0.39 is 0 Å². The van der Waals surface area contributed by atoms with Crippen LogP contribution in [0.4, 0.5) is 0 Å². The van der Waals surface area contributed by atoms with Crippen molar-refractivity contribution in [1.82, 2.24) is 14.8 Å². The standard InChI is InChI=1S/C12H20N4O2S/c1-4-16(7-11(17)15(2)3)12(18)9-8-19-10(14-9)5-6-13/h8H,4-7,13H2,1-3H3. The second-order valence-electron chi connectivity index (χ2n) is 4.27. The zero-order chi connectivity index (χ0) is 14.4. The van der Waals surface area contributed by atoms with Crippen molar-refractivity contribution < 1.29 is 9.59 Å². The van der Waals surface area contributed by atoms with E-state index in [-0.39, 0.29) is 18.4 Å². The van der Waals surface area contributed by atoms with Gasteiger partial charge in [0.05, 0.1) is 5.01 Å². The summed E-state index contributed by atoms with van der Waals surface area (Å²) in [5, 5.41) is 2.57. The summed E-state index contributed by atoms with van der Waals surface area (Å²) in [5.41, 5.74) is 5.84. The molecule has 6 nitrogen and oxygen atoms in total. The summed E-state index contributed by atoms with van der Waals surface area (Å²) in [6, 6.07) is 0. The Hall–Kier alpha value is -1.47. The van der Waals surface area contributed by atoms with Gasteiger partial charge in [-0.1, -0.05) is 0 Å². The van der Waals surface area contributed by atoms with E-state index in [9.17, 15) is 9.59 Å². The van der Waals surface area contributed by atoms with Crippen LogP contribution >= 0.6 is 11.3 Å². The molecular formula is C12H20N4O2S. The Balaban J connectivity index is 2.74. The molecule has 0 aliphatic carbocycles. The van der Waals surface area contributed by atoms with Gasteiger partial charge in [-0.25, -0.2) is 4.98 Å². The molecule has 0 aliphatic rings. The number of hydrogen-bond donors (Lipinski definition) is 1. The van der Waals surface area contributed by atoms with Crippen LogP contribution in [0.1, 0.15) is 22.4 Å². The normalized spacial score (nSPS) is 10.3. The molecule has 0 radical (unpaired) electrons. The Kier molecular flexibility index (Phi) is 5.91. The minimum absolute atomic E-state index is 0.0755. The monoisotopic (exact) mass is 284 g/mol. The van der Waals surface area contributed by atoms with Crippen LogP contribution in [0, 0.1) is 0 Å². The number of hydrogen-bond acceptors (Lipinski definition) is 5. The molecule has 106 valence electrons. The van der Waals surface area contributed by atoms with Crippen molar-refractivity contribution in [2.45, 2.75) is 13.3 Å². The van der Waals surface area contributed by atoms with Crippen molar-refractivity contribution in [1.29, 1.82) is 0 Å². The minimum Gasteiger partial charge on any atom is -0.347 e. The van der Waals surface area contributed by atoms with Gasteiger partial charge in [-0.2, -0.15) is 0 Å². The van der Waals surface area contributed by atoms with Crippen molar-refractivity contribution in [2.24, 2.45) is 5.73 Å². The van der Waals surface area contributed by atoms with Crippen molar-refractivity contribution >= 4 is 23.2 Å². The average molecular weight is 284 g/mol. The minimum atomic E-state index is -0.211. The largest absolute Gasteiger partial charge is 0.347 e. The highest BCUT2D eigenvalue weighted by Crippen LogP contribution is 2.12. The Morgan fingerprint density at radius 2 is 2.11 bits per heavy atom. The Morgan fingerprint density at radius 1 is 1.42 bits per heavy atom. The van der Waals surface area contributed by atoms with E-state index in [4.69, 9.17) is 5.73 Å². The molecule has 1 rings (SSSR count). The first-order valence-corrected chi connectivity index (χ1v) is 7.01. The molecule has 7 heteroatoms. The first-order chi connectivity index (χ1) is 8.99. The molecule has 2 amide bonds. The summed E-state index contributed by atoms with van der Waals surface area (Å²) in [6.45, 7) is 2.90. The van der Waals surface area contributed by atoms with E-state index in [1.54, 1.807) is 19.5 Å². The zero-order valence-corrected chi connectivity index (χ0v) is 12.4. The second-order valence-corrected chi connectivity index (χ2v) is 5.22. The van der Waals surface area contributed by atoms with Crippen molar-refractivity contribution in [3.05, 3.63) is 16.1 Å². The van der Waals surface area contributed by atoms with Crippen molar-refractivity contribution in [2.75, 3.05) is 33.7 Å². The van der Waals surface area contributed by atoms with Crippen LogP contribution in [0.5, 0.6) is 0 Å². The van der Waals surface area contributed by atoms with Gasteiger partial charge in [0.2, 0.25) is 5.91 Å². The number of likely N-dealkylation sites (N-methyl/N-ethyl adjacent to an activating group) is 2. The van der Waals surface area contributed by atoms with Gasteiger partial charge in [-0.05, 0) is 13.5 Å². The van der Waals surface area contributed by atoms with Gasteiger partial charge in [0.15, 0.2) is 0 Å². The molecule has 2 N–H and O–H groups in total. The van der Waals surface area contributed by atoms with Gasteiger partial charge in [0.25, 0.3) is 5.91 Å². The van der Waals surface area contributed by atoms with E-state index in [1.165, 1.54) is 21.1 Å². The topological polar surface area (TPSA) is 79.5 Å². The van der Waals surface area contributed by atoms with Crippen molar-refractivity contribution in [3.8, 4) is 0 Å². The number of carbonyl (C=O) groups excluding carboxylic acids is 2. The van der Waals surface area contributed by atoms with Crippen LogP contribution in [0.2, 0.25) is 0 Å². The molecule has 1 heterocycles. The van der Waals surface area contributed by atoms with E-state index in [0.717, 1.165) is 5.01 Å². The molecule has 0 fully saturated rings. The quantitative estimate of drug-likeness (QED) is 0.809. The SMILES string of the molecule is CCN(CC(=O)N(C)C)C(=O)c1csc(CCN)n1. The number of thiazole rings is 1. The Morgan fingerprint density at radius 3 is 2.63 bits per heavy atom. The van der Waals surface area contributed by atoms with Gasteiger partial charge in [-0.3, -0.25) is 9.59 Å². The number of nitrogens with zero attached hydrogens (tertiary/aromatic N) is 3. The molecule has 0 saturated heterocycles.